The van der Waals surface area contributed by atoms with Gasteiger partial charge in [0.05, 0.1) is 7.11 Å². The summed E-state index contributed by atoms with van der Waals surface area (Å²) in [4.78, 5) is 4.28. The van der Waals surface area contributed by atoms with Crippen molar-refractivity contribution < 1.29 is 9.47 Å². The Bertz CT molecular complexity index is 563. The summed E-state index contributed by atoms with van der Waals surface area (Å²) in [5.41, 5.74) is 2.30. The molecule has 5 nitrogen and oxygen atoms in total. The van der Waals surface area contributed by atoms with Crippen molar-refractivity contribution in [3.63, 3.8) is 0 Å². The van der Waals surface area contributed by atoms with Crippen molar-refractivity contribution in [3.8, 4) is 11.5 Å². The van der Waals surface area contributed by atoms with Gasteiger partial charge in [-0.1, -0.05) is 0 Å². The molecule has 1 aromatic carbocycles. The SMILES string of the molecule is CN=C(NCCCCSC)NCc1cc2c(cc1OC)CC(C)O2. The highest BCUT2D eigenvalue weighted by atomic mass is 32.2. The molecule has 24 heavy (non-hydrogen) atoms. The Morgan fingerprint density at radius 3 is 2.92 bits per heavy atom. The van der Waals surface area contributed by atoms with Crippen LogP contribution in [0.15, 0.2) is 17.1 Å². The van der Waals surface area contributed by atoms with Crippen molar-refractivity contribution in [1.82, 2.24) is 10.6 Å². The van der Waals surface area contributed by atoms with Crippen LogP contribution >= 0.6 is 11.8 Å². The van der Waals surface area contributed by atoms with Crippen molar-refractivity contribution >= 4 is 17.7 Å². The second-order valence-electron chi connectivity index (χ2n) is 5.96. The fourth-order valence-electron chi connectivity index (χ4n) is 2.79. The first-order valence-electron chi connectivity index (χ1n) is 8.47. The van der Waals surface area contributed by atoms with E-state index in [0.29, 0.717) is 6.54 Å². The van der Waals surface area contributed by atoms with E-state index in [1.54, 1.807) is 14.2 Å². The third-order valence-electron chi connectivity index (χ3n) is 4.04. The number of fused-ring (bicyclic) bond motifs is 1. The summed E-state index contributed by atoms with van der Waals surface area (Å²) < 4.78 is 11.4. The number of guanidine groups is 1. The zero-order chi connectivity index (χ0) is 17.4. The molecule has 2 N–H and O–H groups in total. The first kappa shape index (κ1) is 18.8. The normalized spacial score (nSPS) is 16.5. The molecule has 2 rings (SSSR count). The van der Waals surface area contributed by atoms with Gasteiger partial charge in [-0.25, -0.2) is 0 Å². The summed E-state index contributed by atoms with van der Waals surface area (Å²) in [5.74, 6) is 3.89. The van der Waals surface area contributed by atoms with Crippen molar-refractivity contribution in [2.24, 2.45) is 4.99 Å². The van der Waals surface area contributed by atoms with E-state index in [0.717, 1.165) is 42.4 Å². The van der Waals surface area contributed by atoms with Gasteiger partial charge >= 0.3 is 0 Å². The highest BCUT2D eigenvalue weighted by molar-refractivity contribution is 7.98. The van der Waals surface area contributed by atoms with Gasteiger partial charge in [-0.2, -0.15) is 11.8 Å². The van der Waals surface area contributed by atoms with Gasteiger partial charge in [0, 0.05) is 37.7 Å². The highest BCUT2D eigenvalue weighted by Crippen LogP contribution is 2.34. The van der Waals surface area contributed by atoms with E-state index in [-0.39, 0.29) is 6.10 Å². The molecule has 0 spiro atoms. The Labute approximate surface area is 149 Å². The second kappa shape index (κ2) is 9.67. The number of rotatable bonds is 8. The summed E-state index contributed by atoms with van der Waals surface area (Å²) in [6.07, 6.45) is 5.69. The molecule has 1 aliphatic rings. The van der Waals surface area contributed by atoms with E-state index in [9.17, 15) is 0 Å². The van der Waals surface area contributed by atoms with Crippen LogP contribution in [0.25, 0.3) is 0 Å². The van der Waals surface area contributed by atoms with Crippen LogP contribution in [0, 0.1) is 0 Å². The zero-order valence-corrected chi connectivity index (χ0v) is 16.0. The molecule has 0 aromatic heterocycles. The van der Waals surface area contributed by atoms with Crippen LogP contribution in [0.1, 0.15) is 30.9 Å². The summed E-state index contributed by atoms with van der Waals surface area (Å²) in [7, 11) is 3.51. The van der Waals surface area contributed by atoms with Crippen LogP contribution in [0.5, 0.6) is 11.5 Å². The van der Waals surface area contributed by atoms with E-state index >= 15 is 0 Å². The average molecular weight is 352 g/mol. The maximum atomic E-state index is 5.85. The van der Waals surface area contributed by atoms with E-state index in [1.807, 2.05) is 11.8 Å². The number of nitrogens with zero attached hydrogens (tertiary/aromatic N) is 1. The predicted octanol–water partition coefficient (Wildman–Crippen LogP) is 2.83. The molecule has 0 aliphatic carbocycles. The third-order valence-corrected chi connectivity index (χ3v) is 4.73. The van der Waals surface area contributed by atoms with E-state index < -0.39 is 0 Å². The molecule has 0 saturated carbocycles. The van der Waals surface area contributed by atoms with Gasteiger partial charge in [-0.05, 0) is 43.9 Å². The Kier molecular flexibility index (Phi) is 7.56. The number of aliphatic imine (C=N–C) groups is 1. The fraction of sp³-hybridized carbons (Fsp3) is 0.611. The zero-order valence-electron chi connectivity index (χ0n) is 15.1. The third kappa shape index (κ3) is 5.23. The molecule has 1 atom stereocenters. The molecule has 0 fully saturated rings. The highest BCUT2D eigenvalue weighted by Gasteiger charge is 2.21. The quantitative estimate of drug-likeness (QED) is 0.428. The maximum Gasteiger partial charge on any atom is 0.191 e. The molecule has 1 aliphatic heterocycles. The number of hydrogen-bond acceptors (Lipinski definition) is 4. The Morgan fingerprint density at radius 2 is 2.21 bits per heavy atom. The molecule has 0 radical (unpaired) electrons. The fourth-order valence-corrected chi connectivity index (χ4v) is 3.28. The minimum absolute atomic E-state index is 0.239. The summed E-state index contributed by atoms with van der Waals surface area (Å²) in [5, 5.41) is 6.70. The van der Waals surface area contributed by atoms with Crippen LogP contribution in [-0.2, 0) is 13.0 Å². The maximum absolute atomic E-state index is 5.85. The first-order chi connectivity index (χ1) is 11.7. The van der Waals surface area contributed by atoms with Crippen LogP contribution < -0.4 is 20.1 Å². The van der Waals surface area contributed by atoms with Crippen molar-refractivity contribution in [2.75, 3.05) is 32.7 Å². The van der Waals surface area contributed by atoms with Gasteiger partial charge in [-0.3, -0.25) is 4.99 Å². The number of nitrogens with one attached hydrogen (secondary N) is 2. The van der Waals surface area contributed by atoms with Gasteiger partial charge in [0.1, 0.15) is 17.6 Å². The molecule has 0 bridgehead atoms. The average Bonchev–Trinajstić information content (AvgIpc) is 2.95. The van der Waals surface area contributed by atoms with E-state index in [2.05, 4.69) is 40.9 Å². The number of methoxy groups -OCH3 is 1. The lowest BCUT2D eigenvalue weighted by Crippen LogP contribution is -2.37. The minimum Gasteiger partial charge on any atom is -0.496 e. The summed E-state index contributed by atoms with van der Waals surface area (Å²) in [6.45, 7) is 3.67. The topological polar surface area (TPSA) is 54.9 Å². The Hall–Kier alpha value is -1.56. The lowest BCUT2D eigenvalue weighted by Gasteiger charge is -2.15. The van der Waals surface area contributed by atoms with Gasteiger partial charge < -0.3 is 20.1 Å². The van der Waals surface area contributed by atoms with Crippen molar-refractivity contribution in [1.29, 1.82) is 0 Å². The van der Waals surface area contributed by atoms with Crippen LogP contribution in [0.4, 0.5) is 0 Å². The summed E-state index contributed by atoms with van der Waals surface area (Å²) in [6, 6.07) is 4.17. The number of benzene rings is 1. The van der Waals surface area contributed by atoms with E-state index in [4.69, 9.17) is 9.47 Å². The number of thioether (sulfide) groups is 1. The summed E-state index contributed by atoms with van der Waals surface area (Å²) >= 11 is 1.89. The van der Waals surface area contributed by atoms with Crippen LogP contribution in [0.2, 0.25) is 0 Å². The molecule has 0 amide bonds. The standard InChI is InChI=1S/C18H29N3O2S/c1-13-9-14-10-16(22-3)15(11-17(14)23-13)12-21-18(19-2)20-7-5-6-8-24-4/h10-11,13H,5-9,12H2,1-4H3,(H2,19,20,21). The Morgan fingerprint density at radius 1 is 1.38 bits per heavy atom. The number of unbranched alkanes of at least 4 members (excludes halogenated alkanes) is 1. The van der Waals surface area contributed by atoms with Crippen LogP contribution in [0.3, 0.4) is 0 Å². The van der Waals surface area contributed by atoms with E-state index in [1.165, 1.54) is 17.7 Å². The molecule has 0 saturated heterocycles. The van der Waals surface area contributed by atoms with Crippen molar-refractivity contribution in [2.45, 2.75) is 38.8 Å². The lowest BCUT2D eigenvalue weighted by atomic mass is 10.1. The van der Waals surface area contributed by atoms with Crippen LogP contribution in [-0.4, -0.2) is 44.8 Å². The molecule has 134 valence electrons. The van der Waals surface area contributed by atoms with Gasteiger partial charge in [-0.15, -0.1) is 0 Å². The molecule has 6 heteroatoms. The molecular weight excluding hydrogens is 322 g/mol. The number of hydrogen-bond donors (Lipinski definition) is 2. The largest absolute Gasteiger partial charge is 0.496 e. The van der Waals surface area contributed by atoms with Gasteiger partial charge in [0.25, 0.3) is 0 Å². The van der Waals surface area contributed by atoms with Crippen molar-refractivity contribution in [3.05, 3.63) is 23.3 Å². The lowest BCUT2D eigenvalue weighted by molar-refractivity contribution is 0.254. The predicted molar refractivity (Wildman–Crippen MR) is 103 cm³/mol. The second-order valence-corrected chi connectivity index (χ2v) is 6.94. The first-order valence-corrected chi connectivity index (χ1v) is 9.87. The minimum atomic E-state index is 0.239. The van der Waals surface area contributed by atoms with Gasteiger partial charge in [0.15, 0.2) is 5.96 Å². The number of ether oxygens (including phenoxy) is 2. The monoisotopic (exact) mass is 351 g/mol. The molecular formula is C18H29N3O2S. The molecule has 1 unspecified atom stereocenters. The Balaban J connectivity index is 1.89. The van der Waals surface area contributed by atoms with Gasteiger partial charge in [0.2, 0.25) is 0 Å². The molecule has 1 heterocycles. The molecule has 1 aromatic rings. The smallest absolute Gasteiger partial charge is 0.191 e.